The minimum atomic E-state index is -3.15. The van der Waals surface area contributed by atoms with Gasteiger partial charge in [0.15, 0.2) is 0 Å². The Hall–Kier alpha value is -13.2. The van der Waals surface area contributed by atoms with Crippen LogP contribution in [0.5, 0.6) is 17.2 Å². The summed E-state index contributed by atoms with van der Waals surface area (Å²) in [6.45, 7) is 32.4. The number of piperidine rings is 1. The highest BCUT2D eigenvalue weighted by Gasteiger charge is 2.36. The molecule has 7 aromatic heterocycles. The molecule has 0 spiro atoms. The normalized spacial score (nSPS) is 18.8. The SMILES string of the molecule is CC(C)Oc1ccc2c(c1)C(c1ccnc(N3CCC(CCN)CC3)c1)=NC2.CC(C)Oc1ccc2c(c1)C(c1ccnc(N3CCN(C)C(C)C3)c1)=NC2.CC(C)Oc1ccc2c(c1)C(c1ccnc(N3CCN(C)CC3)c1)=NC2.Cn1cc(-c2ccc3c(c2)C(c2ccnc(N4CC5CCC(C4)O5)c2)=NC3)cn1.Cn1cc(-c2ccc3c(c2)C(c2ccnc(N4CCN(S(C)(=O)=O)CC4)c2)=NC3)cn1. The number of aromatic nitrogens is 9. The van der Waals surface area contributed by atoms with Crippen LogP contribution in [0.1, 0.15) is 164 Å². The molecule has 5 aromatic carbocycles. The predicted octanol–water partition coefficient (Wildman–Crippen LogP) is 15.2. The standard InChI is InChI=1S/C23H23N5O.C23H30N4O.C22H24N6O2S.C22H28N4O.C21H26N4O/c1-27-12-18(11-26-27)15-2-3-17-10-25-23(21(17)8-15)16-6-7-24-22(9-16)28-13-19-4-5-20(14-28)29-19;1-16(2)28-20-4-3-19-15-26-23(21(19)14-20)18-6-10-25-22(13-18)27-11-7-17(5-9-24)8-12-27;1-26-15-19(14-25-26)16-3-4-18-13-24-22(20(18)11-16)17-5-6-23-21(12-17)27-7-9-28(10-8-27)31(2,29)30;1-15(2)27-19-6-5-18-13-24-22(20(18)12-19)17-7-8-23-21(11-17)26-10-9-25(4)16(3)14-26;1-15(2)26-18-5-4-17-14-23-21(19(17)13-18)16-6-7-22-20(12-16)25-10-8-24(3)9-11-25/h2-3,6-9,11-12,19-20H,4-5,10,13-14H2,1H3;3-4,6,10,13-14,16-17H,5,7-9,11-12,15,24H2,1-2H3;3-6,11-12,14-15H,7-10,13H2,1-2H3;5-8,11-12,15-16H,9-10,13-14H2,1-4H3;4-7,12-13,15H,8-11,14H2,1-3H3. The molecule has 11 aliphatic rings. The van der Waals surface area contributed by atoms with Crippen LogP contribution in [0.15, 0.2) is 232 Å². The molecule has 6 fully saturated rings. The number of fused-ring (bicyclic) bond motifs is 7. The number of morpholine rings is 1. The topological polar surface area (TPSA) is 285 Å². The number of pyridine rings is 5. The number of likely N-dealkylation sites (N-methyl/N-ethyl adjacent to an activating group) is 2. The number of anilines is 5. The van der Waals surface area contributed by atoms with Crippen LogP contribution in [0.3, 0.4) is 0 Å². The van der Waals surface area contributed by atoms with Gasteiger partial charge in [0.05, 0.1) is 110 Å². The van der Waals surface area contributed by atoms with Crippen molar-refractivity contribution in [2.75, 3.05) is 150 Å². The fraction of sp³-hybridized carbons (Fsp3) is 0.405. The number of aryl methyl sites for hydroxylation is 2. The van der Waals surface area contributed by atoms with Gasteiger partial charge in [0.1, 0.15) is 46.3 Å². The zero-order valence-electron chi connectivity index (χ0n) is 83.3. The number of hydrogen-bond donors (Lipinski definition) is 1. The Morgan fingerprint density at radius 1 is 0.369 bits per heavy atom. The van der Waals surface area contributed by atoms with Crippen molar-refractivity contribution in [1.82, 2.24) is 58.6 Å². The lowest BCUT2D eigenvalue weighted by Gasteiger charge is -2.38. The van der Waals surface area contributed by atoms with Gasteiger partial charge in [-0.15, -0.1) is 0 Å². The fourth-order valence-corrected chi connectivity index (χ4v) is 21.2. The van der Waals surface area contributed by atoms with Gasteiger partial charge >= 0.3 is 0 Å². The quantitative estimate of drug-likeness (QED) is 0.0699. The summed E-state index contributed by atoms with van der Waals surface area (Å²) in [5, 5.41) is 8.59. The van der Waals surface area contributed by atoms with Crippen molar-refractivity contribution in [2.24, 2.45) is 50.7 Å². The maximum Gasteiger partial charge on any atom is 0.211 e. The van der Waals surface area contributed by atoms with Gasteiger partial charge in [-0.05, 0) is 255 Å². The largest absolute Gasteiger partial charge is 0.491 e. The molecular weight excluding hydrogens is 1780 g/mol. The summed E-state index contributed by atoms with van der Waals surface area (Å²) >= 11 is 0. The molecule has 6 saturated heterocycles. The molecule has 12 aromatic rings. The second-order valence-corrected chi connectivity index (χ2v) is 41.4. The van der Waals surface area contributed by atoms with E-state index in [9.17, 15) is 8.42 Å². The summed E-state index contributed by atoms with van der Waals surface area (Å²) in [6, 6.07) is 53.5. The molecule has 11 aliphatic heterocycles. The first-order valence-electron chi connectivity index (χ1n) is 50.0. The predicted molar refractivity (Wildman–Crippen MR) is 563 cm³/mol. The average Bonchev–Trinajstić information content (AvgIpc) is 1.66. The molecule has 0 saturated carbocycles. The van der Waals surface area contributed by atoms with E-state index in [1.165, 1.54) is 79.0 Å². The molecule has 2 bridgehead atoms. The average molecular weight is 1920 g/mol. The lowest BCUT2D eigenvalue weighted by Crippen LogP contribution is -2.50. The monoisotopic (exact) mass is 1910 g/mol. The molecule has 0 amide bonds. The number of ether oxygens (including phenoxy) is 4. The lowest BCUT2D eigenvalue weighted by atomic mass is 9.93. The van der Waals surface area contributed by atoms with Gasteiger partial charge in [-0.3, -0.25) is 34.3 Å². The maximum absolute atomic E-state index is 11.8. The Morgan fingerprint density at radius 2 is 0.702 bits per heavy atom. The molecule has 29 nitrogen and oxygen atoms in total. The maximum atomic E-state index is 11.8. The molecule has 30 heteroatoms. The lowest BCUT2D eigenvalue weighted by molar-refractivity contribution is 0.0302. The van der Waals surface area contributed by atoms with Crippen LogP contribution in [-0.2, 0) is 61.6 Å². The summed E-state index contributed by atoms with van der Waals surface area (Å²) in [6.07, 6.45) is 25.6. The van der Waals surface area contributed by atoms with Crippen molar-refractivity contribution in [2.45, 2.75) is 150 Å². The van der Waals surface area contributed by atoms with Gasteiger partial charge in [0, 0.05) is 228 Å². The first-order chi connectivity index (χ1) is 68.3. The van der Waals surface area contributed by atoms with Crippen LogP contribution in [0.2, 0.25) is 0 Å². The molecule has 3 unspecified atom stereocenters. The van der Waals surface area contributed by atoms with Crippen LogP contribution in [0, 0.1) is 5.92 Å². The molecule has 18 heterocycles. The molecule has 0 radical (unpaired) electrons. The van der Waals surface area contributed by atoms with E-state index in [1.807, 2.05) is 120 Å². The van der Waals surface area contributed by atoms with Crippen molar-refractivity contribution in [1.29, 1.82) is 0 Å². The Bertz CT molecular complexity index is 6770. The molecule has 2 N–H and O–H groups in total. The summed E-state index contributed by atoms with van der Waals surface area (Å²) in [7, 11) is 5.06. The number of sulfonamides is 1. The van der Waals surface area contributed by atoms with Crippen LogP contribution in [0.25, 0.3) is 22.3 Å². The number of rotatable bonds is 21. The van der Waals surface area contributed by atoms with Crippen molar-refractivity contribution >= 4 is 67.7 Å². The van der Waals surface area contributed by atoms with Gasteiger partial charge in [-0.25, -0.2) is 33.3 Å². The Morgan fingerprint density at radius 3 is 1.04 bits per heavy atom. The summed E-state index contributed by atoms with van der Waals surface area (Å²) < 4.78 is 52.3. The van der Waals surface area contributed by atoms with Crippen LogP contribution in [-0.4, -0.2) is 257 Å². The van der Waals surface area contributed by atoms with Crippen LogP contribution >= 0.6 is 0 Å². The fourth-order valence-electron chi connectivity index (χ4n) is 20.4. The van der Waals surface area contributed by atoms with Crippen molar-refractivity contribution in [3.63, 3.8) is 0 Å². The highest BCUT2D eigenvalue weighted by Crippen LogP contribution is 2.39. The summed E-state index contributed by atoms with van der Waals surface area (Å²) in [4.78, 5) is 63.6. The van der Waals surface area contributed by atoms with Gasteiger partial charge in [0.25, 0.3) is 0 Å². The minimum Gasteiger partial charge on any atom is -0.491 e. The van der Waals surface area contributed by atoms with Gasteiger partial charge < -0.3 is 59.0 Å². The van der Waals surface area contributed by atoms with Crippen LogP contribution < -0.4 is 44.4 Å². The highest BCUT2D eigenvalue weighted by molar-refractivity contribution is 7.88. The molecule has 141 heavy (non-hydrogen) atoms. The number of nitrogens with zero attached hydrogens (tertiary/aromatic N) is 22. The Labute approximate surface area is 829 Å². The van der Waals surface area contributed by atoms with Gasteiger partial charge in [-0.1, -0.05) is 42.5 Å². The van der Waals surface area contributed by atoms with Crippen molar-refractivity contribution in [3.8, 4) is 39.5 Å². The molecule has 0 aliphatic carbocycles. The number of aliphatic imine (C=N–C) groups is 5. The third-order valence-corrected chi connectivity index (χ3v) is 29.4. The second-order valence-electron chi connectivity index (χ2n) is 39.4. The molecular formula is C111H131N23O6S. The molecule has 23 rings (SSSR count). The number of piperazine rings is 3. The second kappa shape index (κ2) is 43.1. The minimum absolute atomic E-state index is 0.162. The van der Waals surface area contributed by atoms with E-state index in [-0.39, 0.29) is 18.3 Å². The highest BCUT2D eigenvalue weighted by atomic mass is 32.2. The van der Waals surface area contributed by atoms with Gasteiger partial charge in [0.2, 0.25) is 10.0 Å². The Kier molecular flexibility index (Phi) is 29.5. The smallest absolute Gasteiger partial charge is 0.211 e. The molecule has 732 valence electrons. The number of hydrogen-bond acceptors (Lipinski definition) is 26. The van der Waals surface area contributed by atoms with E-state index in [2.05, 4.69) is 232 Å². The first kappa shape index (κ1) is 96.6. The van der Waals surface area contributed by atoms with E-state index >= 15 is 0 Å². The van der Waals surface area contributed by atoms with Crippen LogP contribution in [0.4, 0.5) is 29.1 Å². The zero-order chi connectivity index (χ0) is 97.5. The summed E-state index contributed by atoms with van der Waals surface area (Å²) in [5.41, 5.74) is 33.1. The number of nitrogens with two attached hydrogens (primary N) is 1. The zero-order valence-corrected chi connectivity index (χ0v) is 84.1. The third kappa shape index (κ3) is 22.9. The van der Waals surface area contributed by atoms with E-state index in [4.69, 9.17) is 49.6 Å². The summed E-state index contributed by atoms with van der Waals surface area (Å²) in [5.74, 6) is 8.48. The molecule has 3 atom stereocenters. The van der Waals surface area contributed by atoms with E-state index in [0.29, 0.717) is 51.0 Å². The van der Waals surface area contributed by atoms with E-state index in [0.717, 1.165) is 255 Å². The van der Waals surface area contributed by atoms with Crippen molar-refractivity contribution < 1.29 is 27.4 Å². The van der Waals surface area contributed by atoms with Crippen molar-refractivity contribution in [3.05, 3.63) is 291 Å². The first-order valence-corrected chi connectivity index (χ1v) is 51.8. The number of benzene rings is 5. The third-order valence-electron chi connectivity index (χ3n) is 28.1. The van der Waals surface area contributed by atoms with E-state index < -0.39 is 10.0 Å². The Balaban J connectivity index is 0.000000112. The van der Waals surface area contributed by atoms with Gasteiger partial charge in [-0.2, -0.15) is 14.5 Å². The van der Waals surface area contributed by atoms with E-state index in [1.54, 1.807) is 10.9 Å².